The molecule has 2 aromatic rings. The molecular formula is C11H7BrClN3O. The summed E-state index contributed by atoms with van der Waals surface area (Å²) >= 11 is 8.97. The predicted octanol–water partition coefficient (Wildman–Crippen LogP) is 3.14. The maximum Gasteiger partial charge on any atom is 0.258 e. The van der Waals surface area contributed by atoms with E-state index in [1.54, 1.807) is 30.5 Å². The van der Waals surface area contributed by atoms with Crippen molar-refractivity contribution in [3.05, 3.63) is 51.8 Å². The number of carbonyl (C=O) groups is 1. The van der Waals surface area contributed by atoms with Gasteiger partial charge in [0, 0.05) is 16.9 Å². The van der Waals surface area contributed by atoms with Gasteiger partial charge in [-0.25, -0.2) is 4.98 Å². The Bertz CT molecular complexity index is 562. The highest BCUT2D eigenvalue weighted by atomic mass is 79.9. The van der Waals surface area contributed by atoms with Gasteiger partial charge in [0.25, 0.3) is 5.91 Å². The van der Waals surface area contributed by atoms with Gasteiger partial charge in [0.1, 0.15) is 11.0 Å². The summed E-state index contributed by atoms with van der Waals surface area (Å²) in [5.41, 5.74) is 0.446. The van der Waals surface area contributed by atoms with E-state index in [9.17, 15) is 4.79 Å². The molecule has 2 heterocycles. The largest absolute Gasteiger partial charge is 0.306 e. The van der Waals surface area contributed by atoms with Crippen molar-refractivity contribution in [3.63, 3.8) is 0 Å². The number of carbonyl (C=O) groups excluding carboxylic acids is 1. The molecule has 0 fully saturated rings. The van der Waals surface area contributed by atoms with Gasteiger partial charge < -0.3 is 5.32 Å². The van der Waals surface area contributed by atoms with Crippen LogP contribution in [-0.2, 0) is 0 Å². The van der Waals surface area contributed by atoms with Crippen molar-refractivity contribution in [3.8, 4) is 0 Å². The fourth-order valence-electron chi connectivity index (χ4n) is 1.20. The number of nitrogens with one attached hydrogen (secondary N) is 1. The first-order valence-corrected chi connectivity index (χ1v) is 5.87. The molecule has 2 rings (SSSR count). The van der Waals surface area contributed by atoms with Gasteiger partial charge in [-0.1, -0.05) is 17.7 Å². The Kier molecular flexibility index (Phi) is 3.71. The Balaban J connectivity index is 2.17. The molecule has 0 bridgehead atoms. The summed E-state index contributed by atoms with van der Waals surface area (Å²) in [5.74, 6) is 0.121. The van der Waals surface area contributed by atoms with Gasteiger partial charge in [0.15, 0.2) is 0 Å². The molecule has 0 saturated carbocycles. The van der Waals surface area contributed by atoms with Crippen LogP contribution in [0.2, 0.25) is 5.15 Å². The van der Waals surface area contributed by atoms with E-state index >= 15 is 0 Å². The van der Waals surface area contributed by atoms with Gasteiger partial charge >= 0.3 is 0 Å². The van der Waals surface area contributed by atoms with E-state index in [2.05, 4.69) is 31.2 Å². The first kappa shape index (κ1) is 12.0. The molecule has 0 radical (unpaired) electrons. The van der Waals surface area contributed by atoms with Crippen LogP contribution in [0, 0.1) is 0 Å². The van der Waals surface area contributed by atoms with E-state index in [0.29, 0.717) is 16.5 Å². The zero-order valence-electron chi connectivity index (χ0n) is 8.52. The quantitative estimate of drug-likeness (QED) is 0.867. The van der Waals surface area contributed by atoms with Crippen molar-refractivity contribution in [2.45, 2.75) is 0 Å². The predicted molar refractivity (Wildman–Crippen MR) is 69.1 cm³/mol. The molecule has 4 nitrogen and oxygen atoms in total. The molecule has 0 aliphatic heterocycles. The van der Waals surface area contributed by atoms with E-state index in [1.807, 2.05) is 0 Å². The minimum absolute atomic E-state index is 0.284. The normalized spacial score (nSPS) is 10.0. The molecule has 0 saturated heterocycles. The molecular weight excluding hydrogens is 305 g/mol. The first-order chi connectivity index (χ1) is 8.15. The van der Waals surface area contributed by atoms with Crippen LogP contribution in [0.5, 0.6) is 0 Å². The lowest BCUT2D eigenvalue weighted by Crippen LogP contribution is -2.13. The number of anilines is 1. The van der Waals surface area contributed by atoms with Crippen molar-refractivity contribution >= 4 is 39.3 Å². The number of rotatable bonds is 2. The molecule has 86 valence electrons. The van der Waals surface area contributed by atoms with Crippen molar-refractivity contribution in [1.29, 1.82) is 0 Å². The van der Waals surface area contributed by atoms with Crippen LogP contribution in [0.3, 0.4) is 0 Å². The van der Waals surface area contributed by atoms with Crippen molar-refractivity contribution < 1.29 is 4.79 Å². The van der Waals surface area contributed by atoms with Gasteiger partial charge in [-0.05, 0) is 34.1 Å². The molecule has 0 aliphatic rings. The van der Waals surface area contributed by atoms with Gasteiger partial charge in [-0.2, -0.15) is 0 Å². The van der Waals surface area contributed by atoms with Crippen LogP contribution in [0.1, 0.15) is 10.4 Å². The lowest BCUT2D eigenvalue weighted by molar-refractivity contribution is 0.102. The molecule has 6 heteroatoms. The molecule has 0 atom stereocenters. The van der Waals surface area contributed by atoms with Crippen LogP contribution >= 0.6 is 27.5 Å². The van der Waals surface area contributed by atoms with Gasteiger partial charge in [0.05, 0.1) is 5.56 Å². The fourth-order valence-corrected chi connectivity index (χ4v) is 1.73. The summed E-state index contributed by atoms with van der Waals surface area (Å²) in [6.45, 7) is 0. The van der Waals surface area contributed by atoms with Gasteiger partial charge in [-0.15, -0.1) is 0 Å². The maximum absolute atomic E-state index is 11.8. The lowest BCUT2D eigenvalue weighted by Gasteiger charge is -2.04. The third kappa shape index (κ3) is 3.25. The molecule has 1 amide bonds. The zero-order valence-corrected chi connectivity index (χ0v) is 10.9. The number of pyridine rings is 2. The molecule has 17 heavy (non-hydrogen) atoms. The third-order valence-electron chi connectivity index (χ3n) is 1.92. The number of amides is 1. The van der Waals surface area contributed by atoms with Crippen molar-refractivity contribution in [2.75, 3.05) is 5.32 Å². The Hall–Kier alpha value is -1.46. The van der Waals surface area contributed by atoms with Crippen LogP contribution in [0.4, 0.5) is 5.82 Å². The molecule has 0 aliphatic carbocycles. The maximum atomic E-state index is 11.8. The average Bonchev–Trinajstić information content (AvgIpc) is 2.29. The summed E-state index contributed by atoms with van der Waals surface area (Å²) in [7, 11) is 0. The first-order valence-electron chi connectivity index (χ1n) is 4.69. The molecule has 0 spiro atoms. The molecule has 1 N–H and O–H groups in total. The summed E-state index contributed by atoms with van der Waals surface area (Å²) in [4.78, 5) is 19.7. The smallest absolute Gasteiger partial charge is 0.258 e. The van der Waals surface area contributed by atoms with E-state index in [4.69, 9.17) is 11.6 Å². The minimum atomic E-state index is -0.284. The number of aromatic nitrogens is 2. The van der Waals surface area contributed by atoms with Crippen LogP contribution in [0.15, 0.2) is 41.1 Å². The lowest BCUT2D eigenvalue weighted by atomic mass is 10.3. The Morgan fingerprint density at radius 3 is 2.88 bits per heavy atom. The van der Waals surface area contributed by atoms with Gasteiger partial charge in [0.2, 0.25) is 0 Å². The van der Waals surface area contributed by atoms with E-state index in [-0.39, 0.29) is 5.91 Å². The SMILES string of the molecule is O=C(Nc1cccc(Cl)n1)c1cncc(Br)c1. The Labute approximate surface area is 111 Å². The number of nitrogens with zero attached hydrogens (tertiary/aromatic N) is 2. The second kappa shape index (κ2) is 5.25. The van der Waals surface area contributed by atoms with Crippen molar-refractivity contribution in [1.82, 2.24) is 9.97 Å². The second-order valence-electron chi connectivity index (χ2n) is 3.19. The van der Waals surface area contributed by atoms with E-state index in [1.165, 1.54) is 6.20 Å². The second-order valence-corrected chi connectivity index (χ2v) is 4.49. The third-order valence-corrected chi connectivity index (χ3v) is 2.57. The van der Waals surface area contributed by atoms with Crippen molar-refractivity contribution in [2.24, 2.45) is 0 Å². The number of halogens is 2. The summed E-state index contributed by atoms with van der Waals surface area (Å²) in [5, 5.41) is 2.96. The summed E-state index contributed by atoms with van der Waals surface area (Å²) < 4.78 is 0.740. The van der Waals surface area contributed by atoms with E-state index in [0.717, 1.165) is 4.47 Å². The number of hydrogen-bond acceptors (Lipinski definition) is 3. The molecule has 0 aromatic carbocycles. The Morgan fingerprint density at radius 1 is 1.35 bits per heavy atom. The molecule has 2 aromatic heterocycles. The Morgan fingerprint density at radius 2 is 2.18 bits per heavy atom. The summed E-state index contributed by atoms with van der Waals surface area (Å²) in [6, 6.07) is 6.68. The fraction of sp³-hybridized carbons (Fsp3) is 0. The molecule has 0 unspecified atom stereocenters. The van der Waals surface area contributed by atoms with Crippen LogP contribution in [0.25, 0.3) is 0 Å². The summed E-state index contributed by atoms with van der Waals surface area (Å²) in [6.07, 6.45) is 3.08. The zero-order chi connectivity index (χ0) is 12.3. The highest BCUT2D eigenvalue weighted by Gasteiger charge is 2.07. The highest BCUT2D eigenvalue weighted by molar-refractivity contribution is 9.10. The highest BCUT2D eigenvalue weighted by Crippen LogP contribution is 2.13. The van der Waals surface area contributed by atoms with Gasteiger partial charge in [-0.3, -0.25) is 9.78 Å². The minimum Gasteiger partial charge on any atom is -0.306 e. The monoisotopic (exact) mass is 311 g/mol. The topological polar surface area (TPSA) is 54.9 Å². The van der Waals surface area contributed by atoms with Crippen LogP contribution in [-0.4, -0.2) is 15.9 Å². The number of hydrogen-bond donors (Lipinski definition) is 1. The van der Waals surface area contributed by atoms with E-state index < -0.39 is 0 Å². The standard InChI is InChI=1S/C11H7BrClN3O/c12-8-4-7(5-14-6-8)11(17)16-10-3-1-2-9(13)15-10/h1-6H,(H,15,16,17). The van der Waals surface area contributed by atoms with Crippen LogP contribution < -0.4 is 5.32 Å². The average molecular weight is 313 g/mol.